The van der Waals surface area contributed by atoms with Crippen molar-refractivity contribution in [2.45, 2.75) is 26.1 Å². The Morgan fingerprint density at radius 3 is 2.68 bits per heavy atom. The molecule has 19 heavy (non-hydrogen) atoms. The molecule has 0 radical (unpaired) electrons. The summed E-state index contributed by atoms with van der Waals surface area (Å²) < 4.78 is 39.5. The maximum absolute atomic E-state index is 12.8. The van der Waals surface area contributed by atoms with Crippen LogP contribution in [0.4, 0.5) is 13.2 Å². The van der Waals surface area contributed by atoms with Gasteiger partial charge in [-0.2, -0.15) is 18.3 Å². The van der Waals surface area contributed by atoms with Crippen molar-refractivity contribution in [1.82, 2.24) is 14.8 Å². The number of rotatable bonds is 4. The molecule has 0 aliphatic carbocycles. The SMILES string of the molecule is Cc1nc(Cn2cc(CCO)c(C(F)(F)F)n2)cs1. The molecule has 104 valence electrons. The number of hydrogen-bond donors (Lipinski definition) is 1. The number of thiazole rings is 1. The number of aromatic nitrogens is 3. The minimum Gasteiger partial charge on any atom is -0.396 e. The summed E-state index contributed by atoms with van der Waals surface area (Å²) in [6.45, 7) is 1.68. The molecule has 1 N–H and O–H groups in total. The first-order chi connectivity index (χ1) is 8.90. The van der Waals surface area contributed by atoms with Gasteiger partial charge in [-0.1, -0.05) is 0 Å². The number of aliphatic hydroxyl groups excluding tert-OH is 1. The Labute approximate surface area is 111 Å². The van der Waals surface area contributed by atoms with Gasteiger partial charge in [0.25, 0.3) is 0 Å². The van der Waals surface area contributed by atoms with E-state index in [0.29, 0.717) is 5.69 Å². The van der Waals surface area contributed by atoms with Crippen LogP contribution in [0.2, 0.25) is 0 Å². The van der Waals surface area contributed by atoms with Gasteiger partial charge in [-0.05, 0) is 13.3 Å². The second kappa shape index (κ2) is 5.30. The number of nitrogens with zero attached hydrogens (tertiary/aromatic N) is 3. The molecule has 4 nitrogen and oxygen atoms in total. The molecule has 0 aromatic carbocycles. The largest absolute Gasteiger partial charge is 0.435 e. The van der Waals surface area contributed by atoms with Crippen molar-refractivity contribution in [2.24, 2.45) is 0 Å². The molecule has 0 saturated heterocycles. The van der Waals surface area contributed by atoms with Crippen LogP contribution < -0.4 is 0 Å². The van der Waals surface area contributed by atoms with Crippen LogP contribution in [0.15, 0.2) is 11.6 Å². The van der Waals surface area contributed by atoms with E-state index < -0.39 is 11.9 Å². The smallest absolute Gasteiger partial charge is 0.396 e. The second-order valence-corrected chi connectivity index (χ2v) is 5.09. The Morgan fingerprint density at radius 2 is 2.16 bits per heavy atom. The summed E-state index contributed by atoms with van der Waals surface area (Å²) in [6, 6.07) is 0. The van der Waals surface area contributed by atoms with Crippen LogP contribution in [-0.4, -0.2) is 26.5 Å². The highest BCUT2D eigenvalue weighted by Gasteiger charge is 2.36. The van der Waals surface area contributed by atoms with Gasteiger partial charge < -0.3 is 5.11 Å². The van der Waals surface area contributed by atoms with Gasteiger partial charge in [-0.25, -0.2) is 4.98 Å². The predicted octanol–water partition coefficient (Wildman–Crippen LogP) is 2.25. The number of alkyl halides is 3. The fraction of sp³-hybridized carbons (Fsp3) is 0.455. The summed E-state index contributed by atoms with van der Waals surface area (Å²) in [7, 11) is 0. The van der Waals surface area contributed by atoms with Gasteiger partial charge in [0.2, 0.25) is 0 Å². The third-order valence-corrected chi connectivity index (χ3v) is 3.30. The predicted molar refractivity (Wildman–Crippen MR) is 64.0 cm³/mol. The number of hydrogen-bond acceptors (Lipinski definition) is 4. The maximum Gasteiger partial charge on any atom is 0.435 e. The molecule has 0 atom stereocenters. The van der Waals surface area contributed by atoms with Crippen LogP contribution in [0.5, 0.6) is 0 Å². The molecule has 0 saturated carbocycles. The van der Waals surface area contributed by atoms with Crippen LogP contribution in [0.3, 0.4) is 0 Å². The minimum absolute atomic E-state index is 0.00181. The van der Waals surface area contributed by atoms with Crippen LogP contribution in [0.25, 0.3) is 0 Å². The van der Waals surface area contributed by atoms with E-state index in [-0.39, 0.29) is 25.1 Å². The molecule has 2 rings (SSSR count). The lowest BCUT2D eigenvalue weighted by Gasteiger charge is -2.04. The fourth-order valence-electron chi connectivity index (χ4n) is 1.73. The summed E-state index contributed by atoms with van der Waals surface area (Å²) in [4.78, 5) is 4.18. The van der Waals surface area contributed by atoms with Gasteiger partial charge in [0.1, 0.15) is 0 Å². The third-order valence-electron chi connectivity index (χ3n) is 2.48. The quantitative estimate of drug-likeness (QED) is 0.940. The van der Waals surface area contributed by atoms with Crippen LogP contribution >= 0.6 is 11.3 Å². The Balaban J connectivity index is 2.27. The highest BCUT2D eigenvalue weighted by molar-refractivity contribution is 7.09. The fourth-order valence-corrected chi connectivity index (χ4v) is 2.34. The van der Waals surface area contributed by atoms with Crippen molar-refractivity contribution in [3.05, 3.63) is 33.5 Å². The molecular weight excluding hydrogens is 279 g/mol. The van der Waals surface area contributed by atoms with E-state index in [2.05, 4.69) is 10.1 Å². The first-order valence-corrected chi connectivity index (χ1v) is 6.43. The zero-order chi connectivity index (χ0) is 14.0. The summed E-state index contributed by atoms with van der Waals surface area (Å²) in [6.07, 6.45) is -3.26. The van der Waals surface area contributed by atoms with Gasteiger partial charge >= 0.3 is 6.18 Å². The molecule has 8 heteroatoms. The first kappa shape index (κ1) is 14.0. The van der Waals surface area contributed by atoms with Crippen LogP contribution in [0.1, 0.15) is 22.0 Å². The molecule has 0 amide bonds. The number of halogens is 3. The van der Waals surface area contributed by atoms with Crippen molar-refractivity contribution in [3.8, 4) is 0 Å². The Morgan fingerprint density at radius 1 is 1.42 bits per heavy atom. The van der Waals surface area contributed by atoms with Crippen molar-refractivity contribution in [1.29, 1.82) is 0 Å². The number of aliphatic hydroxyl groups is 1. The zero-order valence-corrected chi connectivity index (χ0v) is 10.9. The van der Waals surface area contributed by atoms with Crippen LogP contribution in [0, 0.1) is 6.92 Å². The molecule has 0 fully saturated rings. The average Bonchev–Trinajstić information content (AvgIpc) is 2.86. The topological polar surface area (TPSA) is 50.9 Å². The molecule has 0 aliphatic rings. The summed E-state index contributed by atoms with van der Waals surface area (Å²) in [5.41, 5.74) is -0.260. The summed E-state index contributed by atoms with van der Waals surface area (Å²) >= 11 is 1.44. The van der Waals surface area contributed by atoms with E-state index in [1.165, 1.54) is 22.2 Å². The van der Waals surface area contributed by atoms with Gasteiger partial charge in [0.05, 0.1) is 17.2 Å². The van der Waals surface area contributed by atoms with E-state index in [1.807, 2.05) is 6.92 Å². The Hall–Kier alpha value is -1.41. The third kappa shape index (κ3) is 3.32. The Bertz CT molecular complexity index is 562. The van der Waals surface area contributed by atoms with E-state index in [4.69, 9.17) is 5.11 Å². The molecule has 0 unspecified atom stereocenters. The van der Waals surface area contributed by atoms with Gasteiger partial charge in [0, 0.05) is 23.7 Å². The summed E-state index contributed by atoms with van der Waals surface area (Å²) in [5.74, 6) is 0. The van der Waals surface area contributed by atoms with E-state index >= 15 is 0 Å². The highest BCUT2D eigenvalue weighted by atomic mass is 32.1. The standard InChI is InChI=1S/C11H12F3N3OS/c1-7-15-9(6-19-7)5-17-4-8(2-3-18)10(16-17)11(12,13)14/h4,6,18H,2-3,5H2,1H3. The second-order valence-electron chi connectivity index (χ2n) is 4.03. The molecular formula is C11H12F3N3OS. The van der Waals surface area contributed by atoms with E-state index in [1.54, 1.807) is 5.38 Å². The molecule has 2 aromatic rings. The summed E-state index contributed by atoms with van der Waals surface area (Å²) in [5, 5.41) is 15.0. The van der Waals surface area contributed by atoms with Crippen molar-refractivity contribution in [3.63, 3.8) is 0 Å². The average molecular weight is 291 g/mol. The van der Waals surface area contributed by atoms with Crippen molar-refractivity contribution >= 4 is 11.3 Å². The molecule has 0 bridgehead atoms. The van der Waals surface area contributed by atoms with Gasteiger partial charge in [0.15, 0.2) is 5.69 Å². The normalized spacial score (nSPS) is 12.1. The molecule has 2 heterocycles. The highest BCUT2D eigenvalue weighted by Crippen LogP contribution is 2.31. The van der Waals surface area contributed by atoms with Crippen molar-refractivity contribution < 1.29 is 18.3 Å². The lowest BCUT2D eigenvalue weighted by Crippen LogP contribution is -2.11. The zero-order valence-electron chi connectivity index (χ0n) is 10.1. The minimum atomic E-state index is -4.51. The van der Waals surface area contributed by atoms with Gasteiger partial charge in [-0.15, -0.1) is 11.3 Å². The Kier molecular flexibility index (Phi) is 3.91. The van der Waals surface area contributed by atoms with Crippen LogP contribution in [-0.2, 0) is 19.1 Å². The van der Waals surface area contributed by atoms with E-state index in [9.17, 15) is 13.2 Å². The first-order valence-electron chi connectivity index (χ1n) is 5.55. The number of aryl methyl sites for hydroxylation is 1. The van der Waals surface area contributed by atoms with Gasteiger partial charge in [-0.3, -0.25) is 4.68 Å². The molecule has 0 spiro atoms. The lowest BCUT2D eigenvalue weighted by molar-refractivity contribution is -0.142. The van der Waals surface area contributed by atoms with Crippen molar-refractivity contribution in [2.75, 3.05) is 6.61 Å². The molecule has 0 aliphatic heterocycles. The maximum atomic E-state index is 12.8. The lowest BCUT2D eigenvalue weighted by atomic mass is 10.2. The monoisotopic (exact) mass is 291 g/mol. The molecule has 2 aromatic heterocycles. The van der Waals surface area contributed by atoms with E-state index in [0.717, 1.165) is 5.01 Å².